The molecular weight excluding hydrogens is 234 g/mol. The molecule has 0 aromatic carbocycles. The maximum absolute atomic E-state index is 6.63. The van der Waals surface area contributed by atoms with Gasteiger partial charge in [0.15, 0.2) is 0 Å². The number of nitrogens with zero attached hydrogens (tertiary/aromatic N) is 2. The fraction of sp³-hybridized carbons (Fsp3) is 0.812. The van der Waals surface area contributed by atoms with Crippen LogP contribution in [0.25, 0.3) is 0 Å². The lowest BCUT2D eigenvalue weighted by Crippen LogP contribution is -2.47. The zero-order chi connectivity index (χ0) is 14.3. The number of hydrogen-bond acceptors (Lipinski definition) is 2. The van der Waals surface area contributed by atoms with Crippen molar-refractivity contribution in [1.29, 1.82) is 0 Å². The molecule has 3 heteroatoms. The summed E-state index contributed by atoms with van der Waals surface area (Å²) in [5.74, 6) is 0.817. The maximum Gasteiger partial charge on any atom is 0.0596 e. The van der Waals surface area contributed by atoms with Gasteiger partial charge in [-0.2, -0.15) is 5.10 Å². The van der Waals surface area contributed by atoms with Crippen LogP contribution in [0.1, 0.15) is 57.8 Å². The first-order chi connectivity index (χ1) is 8.70. The van der Waals surface area contributed by atoms with Crippen molar-refractivity contribution in [2.24, 2.45) is 24.1 Å². The first-order valence-electron chi connectivity index (χ1n) is 7.48. The molecule has 108 valence electrons. The molecule has 1 heterocycles. The average molecular weight is 263 g/mol. The highest BCUT2D eigenvalue weighted by Crippen LogP contribution is 2.41. The van der Waals surface area contributed by atoms with Crippen LogP contribution in [-0.4, -0.2) is 15.3 Å². The van der Waals surface area contributed by atoms with Crippen molar-refractivity contribution in [2.75, 3.05) is 0 Å². The summed E-state index contributed by atoms with van der Waals surface area (Å²) < 4.78 is 1.99. The molecule has 1 aromatic rings. The van der Waals surface area contributed by atoms with E-state index in [2.05, 4.69) is 31.9 Å². The van der Waals surface area contributed by atoms with Crippen molar-refractivity contribution < 1.29 is 0 Å². The molecule has 0 amide bonds. The molecule has 1 saturated carbocycles. The largest absolute Gasteiger partial charge is 0.325 e. The molecular formula is C16H29N3. The predicted octanol–water partition coefficient (Wildman–Crippen LogP) is 3.20. The van der Waals surface area contributed by atoms with E-state index in [0.717, 1.165) is 30.9 Å². The lowest BCUT2D eigenvalue weighted by Gasteiger charge is -2.42. The third-order valence-electron chi connectivity index (χ3n) is 4.84. The van der Waals surface area contributed by atoms with E-state index in [1.165, 1.54) is 18.5 Å². The fourth-order valence-electron chi connectivity index (χ4n) is 3.43. The van der Waals surface area contributed by atoms with Gasteiger partial charge in [0.2, 0.25) is 0 Å². The minimum absolute atomic E-state index is 0.0258. The van der Waals surface area contributed by atoms with Crippen molar-refractivity contribution in [3.05, 3.63) is 17.5 Å². The summed E-state index contributed by atoms with van der Waals surface area (Å²) in [5, 5.41) is 4.42. The SMILES string of the molecule is Cc1cc(CC2(N)CCC(C(C)(C)C)CC2)n(C)n1. The molecule has 0 spiro atoms. The van der Waals surface area contributed by atoms with Crippen molar-refractivity contribution in [3.63, 3.8) is 0 Å². The van der Waals surface area contributed by atoms with Crippen LogP contribution in [0.5, 0.6) is 0 Å². The predicted molar refractivity (Wildman–Crippen MR) is 80.0 cm³/mol. The van der Waals surface area contributed by atoms with E-state index in [-0.39, 0.29) is 5.54 Å². The quantitative estimate of drug-likeness (QED) is 0.890. The van der Waals surface area contributed by atoms with E-state index >= 15 is 0 Å². The Morgan fingerprint density at radius 3 is 2.37 bits per heavy atom. The molecule has 0 saturated heterocycles. The number of hydrogen-bond donors (Lipinski definition) is 1. The van der Waals surface area contributed by atoms with E-state index in [9.17, 15) is 0 Å². The molecule has 1 aromatic heterocycles. The standard InChI is InChI=1S/C16H29N3/c1-12-10-14(19(5)18-12)11-16(17)8-6-13(7-9-16)15(2,3)4/h10,13H,6-9,11,17H2,1-5H3. The summed E-state index contributed by atoms with van der Waals surface area (Å²) in [4.78, 5) is 0. The van der Waals surface area contributed by atoms with Gasteiger partial charge < -0.3 is 5.73 Å². The third kappa shape index (κ3) is 3.38. The Morgan fingerprint density at radius 2 is 1.95 bits per heavy atom. The van der Waals surface area contributed by atoms with Crippen LogP contribution >= 0.6 is 0 Å². The van der Waals surface area contributed by atoms with E-state index in [1.54, 1.807) is 0 Å². The Bertz CT molecular complexity index is 431. The van der Waals surface area contributed by atoms with Crippen LogP contribution in [-0.2, 0) is 13.5 Å². The van der Waals surface area contributed by atoms with Crippen LogP contribution in [0.2, 0.25) is 0 Å². The molecule has 0 atom stereocenters. The van der Waals surface area contributed by atoms with E-state index in [0.29, 0.717) is 5.41 Å². The molecule has 19 heavy (non-hydrogen) atoms. The Balaban J connectivity index is 2.01. The molecule has 1 aliphatic carbocycles. The van der Waals surface area contributed by atoms with Gasteiger partial charge in [0.05, 0.1) is 5.69 Å². The second-order valence-electron chi connectivity index (χ2n) is 7.58. The van der Waals surface area contributed by atoms with Crippen LogP contribution in [0, 0.1) is 18.3 Å². The number of nitrogens with two attached hydrogens (primary N) is 1. The normalized spacial score (nSPS) is 28.6. The number of aromatic nitrogens is 2. The highest BCUT2D eigenvalue weighted by Gasteiger charge is 2.36. The summed E-state index contributed by atoms with van der Waals surface area (Å²) >= 11 is 0. The topological polar surface area (TPSA) is 43.8 Å². The Labute approximate surface area is 117 Å². The molecule has 0 unspecified atom stereocenters. The second-order valence-corrected chi connectivity index (χ2v) is 7.58. The first kappa shape index (κ1) is 14.6. The molecule has 2 rings (SSSR count). The highest BCUT2D eigenvalue weighted by atomic mass is 15.3. The van der Waals surface area contributed by atoms with Crippen LogP contribution in [0.15, 0.2) is 6.07 Å². The van der Waals surface area contributed by atoms with Crippen LogP contribution < -0.4 is 5.73 Å². The van der Waals surface area contributed by atoms with Gasteiger partial charge in [-0.05, 0) is 50.0 Å². The van der Waals surface area contributed by atoms with Crippen molar-refractivity contribution in [2.45, 2.75) is 65.3 Å². The smallest absolute Gasteiger partial charge is 0.0596 e. The monoisotopic (exact) mass is 263 g/mol. The minimum atomic E-state index is -0.0258. The van der Waals surface area contributed by atoms with Gasteiger partial charge in [-0.3, -0.25) is 4.68 Å². The van der Waals surface area contributed by atoms with Crippen molar-refractivity contribution >= 4 is 0 Å². The second kappa shape index (κ2) is 4.93. The number of rotatable bonds is 2. The Kier molecular flexibility index (Phi) is 3.78. The molecule has 0 bridgehead atoms. The fourth-order valence-corrected chi connectivity index (χ4v) is 3.43. The Hall–Kier alpha value is -0.830. The van der Waals surface area contributed by atoms with Crippen molar-refractivity contribution in [3.8, 4) is 0 Å². The molecule has 0 aliphatic heterocycles. The average Bonchev–Trinajstić information content (AvgIpc) is 2.56. The highest BCUT2D eigenvalue weighted by molar-refractivity contribution is 5.13. The minimum Gasteiger partial charge on any atom is -0.325 e. The van der Waals surface area contributed by atoms with Gasteiger partial charge in [-0.25, -0.2) is 0 Å². The van der Waals surface area contributed by atoms with E-state index in [1.807, 2.05) is 18.7 Å². The summed E-state index contributed by atoms with van der Waals surface area (Å²) in [6.07, 6.45) is 5.76. The maximum atomic E-state index is 6.63. The van der Waals surface area contributed by atoms with Gasteiger partial charge in [0, 0.05) is 24.7 Å². The van der Waals surface area contributed by atoms with E-state index < -0.39 is 0 Å². The summed E-state index contributed by atoms with van der Waals surface area (Å²) in [6, 6.07) is 2.17. The van der Waals surface area contributed by atoms with Gasteiger partial charge in [-0.15, -0.1) is 0 Å². The zero-order valence-electron chi connectivity index (χ0n) is 13.2. The molecule has 3 nitrogen and oxygen atoms in total. The molecule has 1 aliphatic rings. The van der Waals surface area contributed by atoms with Crippen molar-refractivity contribution in [1.82, 2.24) is 9.78 Å². The molecule has 0 radical (unpaired) electrons. The van der Waals surface area contributed by atoms with Gasteiger partial charge in [0.25, 0.3) is 0 Å². The number of aryl methyl sites for hydroxylation is 2. The summed E-state index contributed by atoms with van der Waals surface area (Å²) in [7, 11) is 2.02. The Morgan fingerprint density at radius 1 is 1.37 bits per heavy atom. The summed E-state index contributed by atoms with van der Waals surface area (Å²) in [5.41, 5.74) is 9.39. The van der Waals surface area contributed by atoms with E-state index in [4.69, 9.17) is 5.73 Å². The molecule has 2 N–H and O–H groups in total. The first-order valence-corrected chi connectivity index (χ1v) is 7.48. The van der Waals surface area contributed by atoms with Gasteiger partial charge >= 0.3 is 0 Å². The lowest BCUT2D eigenvalue weighted by molar-refractivity contribution is 0.133. The molecule has 1 fully saturated rings. The lowest BCUT2D eigenvalue weighted by atomic mass is 9.66. The van der Waals surface area contributed by atoms with Gasteiger partial charge in [-0.1, -0.05) is 20.8 Å². The zero-order valence-corrected chi connectivity index (χ0v) is 13.2. The van der Waals surface area contributed by atoms with Crippen LogP contribution in [0.4, 0.5) is 0 Å². The van der Waals surface area contributed by atoms with Crippen LogP contribution in [0.3, 0.4) is 0 Å². The van der Waals surface area contributed by atoms with Gasteiger partial charge in [0.1, 0.15) is 0 Å². The summed E-state index contributed by atoms with van der Waals surface area (Å²) in [6.45, 7) is 9.10. The third-order valence-corrected chi connectivity index (χ3v) is 4.84.